The molecule has 1 amide bonds. The maximum Gasteiger partial charge on any atom is 0.288 e. The molecule has 0 aliphatic carbocycles. The lowest BCUT2D eigenvalue weighted by molar-refractivity contribution is -0.181. The zero-order chi connectivity index (χ0) is 8.43. The Morgan fingerprint density at radius 2 is 2.27 bits per heavy atom. The Hall–Kier alpha value is -0.900. The van der Waals surface area contributed by atoms with Crippen LogP contribution in [0.15, 0.2) is 4.99 Å². The molecule has 4 heteroatoms. The summed E-state index contributed by atoms with van der Waals surface area (Å²) in [5, 5.41) is 1.33. The molecule has 1 heterocycles. The standard InChI is InChI=1S/C7H12N2O2/c1-5-6(2)9(11-3)7(10)4-8-5/h4-6H,1-3H3. The summed E-state index contributed by atoms with van der Waals surface area (Å²) in [6.45, 7) is 3.85. The smallest absolute Gasteiger partial charge is 0.282 e. The van der Waals surface area contributed by atoms with Gasteiger partial charge in [-0.1, -0.05) is 0 Å². The molecule has 0 aromatic rings. The lowest BCUT2D eigenvalue weighted by Crippen LogP contribution is -2.46. The van der Waals surface area contributed by atoms with E-state index in [1.165, 1.54) is 18.4 Å². The largest absolute Gasteiger partial charge is 0.288 e. The molecule has 0 aromatic carbocycles. The normalized spacial score (nSPS) is 31.2. The summed E-state index contributed by atoms with van der Waals surface area (Å²) in [5.74, 6) is -0.182. The molecule has 0 saturated carbocycles. The van der Waals surface area contributed by atoms with Crippen LogP contribution in [0.25, 0.3) is 0 Å². The van der Waals surface area contributed by atoms with Gasteiger partial charge in [0.25, 0.3) is 5.91 Å². The second-order valence-corrected chi connectivity index (χ2v) is 2.61. The Bertz CT molecular complexity index is 191. The van der Waals surface area contributed by atoms with Gasteiger partial charge >= 0.3 is 0 Å². The van der Waals surface area contributed by atoms with Gasteiger partial charge in [0.15, 0.2) is 0 Å². The molecule has 1 aliphatic rings. The predicted molar refractivity (Wildman–Crippen MR) is 41.3 cm³/mol. The molecule has 1 aliphatic heterocycles. The monoisotopic (exact) mass is 156 g/mol. The van der Waals surface area contributed by atoms with E-state index in [0.717, 1.165) is 0 Å². The van der Waals surface area contributed by atoms with Crippen LogP contribution in [-0.4, -0.2) is 36.4 Å². The number of aliphatic imine (C=N–C) groups is 1. The zero-order valence-corrected chi connectivity index (χ0v) is 6.94. The summed E-state index contributed by atoms with van der Waals surface area (Å²) >= 11 is 0. The van der Waals surface area contributed by atoms with E-state index in [2.05, 4.69) is 4.99 Å². The van der Waals surface area contributed by atoms with Crippen LogP contribution in [0.2, 0.25) is 0 Å². The van der Waals surface area contributed by atoms with Crippen molar-refractivity contribution in [1.29, 1.82) is 0 Å². The van der Waals surface area contributed by atoms with Crippen LogP contribution >= 0.6 is 0 Å². The predicted octanol–water partition coefficient (Wildman–Crippen LogP) is 0.238. The third kappa shape index (κ3) is 1.40. The highest BCUT2D eigenvalue weighted by molar-refractivity contribution is 6.26. The van der Waals surface area contributed by atoms with E-state index in [1.54, 1.807) is 0 Å². The molecule has 0 radical (unpaired) electrons. The van der Waals surface area contributed by atoms with E-state index in [4.69, 9.17) is 4.84 Å². The summed E-state index contributed by atoms with van der Waals surface area (Å²) in [6, 6.07) is 0.144. The first-order valence-electron chi connectivity index (χ1n) is 3.57. The third-order valence-corrected chi connectivity index (χ3v) is 1.90. The number of amides is 1. The Kier molecular flexibility index (Phi) is 2.24. The number of rotatable bonds is 1. The van der Waals surface area contributed by atoms with Crippen molar-refractivity contribution in [2.75, 3.05) is 7.11 Å². The number of hydrogen-bond donors (Lipinski definition) is 0. The molecule has 0 N–H and O–H groups in total. The first-order chi connectivity index (χ1) is 5.16. The number of carbonyl (C=O) groups is 1. The Labute approximate surface area is 65.8 Å². The van der Waals surface area contributed by atoms with Gasteiger partial charge < -0.3 is 0 Å². The van der Waals surface area contributed by atoms with Crippen molar-refractivity contribution in [3.8, 4) is 0 Å². The summed E-state index contributed by atoms with van der Waals surface area (Å²) in [5.41, 5.74) is 0. The van der Waals surface area contributed by atoms with Gasteiger partial charge in [0.05, 0.1) is 25.4 Å². The Morgan fingerprint density at radius 1 is 1.64 bits per heavy atom. The third-order valence-electron chi connectivity index (χ3n) is 1.90. The molecule has 62 valence electrons. The van der Waals surface area contributed by atoms with Crippen LogP contribution in [0, 0.1) is 0 Å². The summed E-state index contributed by atoms with van der Waals surface area (Å²) in [4.78, 5) is 19.9. The topological polar surface area (TPSA) is 41.9 Å². The second kappa shape index (κ2) is 3.00. The molecule has 4 nitrogen and oxygen atoms in total. The molecule has 0 fully saturated rings. The summed E-state index contributed by atoms with van der Waals surface area (Å²) in [6.07, 6.45) is 1.30. The van der Waals surface area contributed by atoms with E-state index < -0.39 is 0 Å². The minimum atomic E-state index is -0.182. The van der Waals surface area contributed by atoms with Gasteiger partial charge in [-0.15, -0.1) is 0 Å². The molecule has 11 heavy (non-hydrogen) atoms. The summed E-state index contributed by atoms with van der Waals surface area (Å²) < 4.78 is 0. The fourth-order valence-electron chi connectivity index (χ4n) is 1.02. The maximum atomic E-state index is 11.0. The maximum absolute atomic E-state index is 11.0. The fraction of sp³-hybridized carbons (Fsp3) is 0.714. The highest BCUT2D eigenvalue weighted by atomic mass is 16.7. The van der Waals surface area contributed by atoms with Crippen LogP contribution in [0.3, 0.4) is 0 Å². The van der Waals surface area contributed by atoms with E-state index in [1.807, 2.05) is 13.8 Å². The van der Waals surface area contributed by atoms with Gasteiger partial charge in [-0.3, -0.25) is 14.6 Å². The SMILES string of the molecule is CON1C(=O)C=NC(C)C1C. The number of hydrogen-bond acceptors (Lipinski definition) is 3. The highest BCUT2D eigenvalue weighted by Crippen LogP contribution is 2.11. The van der Waals surface area contributed by atoms with Crippen LogP contribution in [0.5, 0.6) is 0 Å². The number of hydroxylamine groups is 2. The van der Waals surface area contributed by atoms with E-state index >= 15 is 0 Å². The molecule has 1 rings (SSSR count). The minimum absolute atomic E-state index is 0.0255. The molecule has 0 saturated heterocycles. The van der Waals surface area contributed by atoms with Crippen LogP contribution in [0.4, 0.5) is 0 Å². The lowest BCUT2D eigenvalue weighted by Gasteiger charge is -2.30. The first-order valence-corrected chi connectivity index (χ1v) is 3.57. The Balaban J connectivity index is 2.78. The van der Waals surface area contributed by atoms with Crippen LogP contribution in [-0.2, 0) is 9.63 Å². The number of carbonyl (C=O) groups excluding carboxylic acids is 1. The van der Waals surface area contributed by atoms with Crippen molar-refractivity contribution in [2.45, 2.75) is 25.9 Å². The van der Waals surface area contributed by atoms with Crippen molar-refractivity contribution in [3.63, 3.8) is 0 Å². The average Bonchev–Trinajstić information content (AvgIpc) is 1.99. The molecule has 2 unspecified atom stereocenters. The molecular formula is C7H12N2O2. The van der Waals surface area contributed by atoms with E-state index in [0.29, 0.717) is 0 Å². The van der Waals surface area contributed by atoms with Crippen molar-refractivity contribution in [3.05, 3.63) is 0 Å². The van der Waals surface area contributed by atoms with Crippen molar-refractivity contribution >= 4 is 12.1 Å². The van der Waals surface area contributed by atoms with E-state index in [9.17, 15) is 4.79 Å². The quantitative estimate of drug-likeness (QED) is 0.545. The van der Waals surface area contributed by atoms with E-state index in [-0.39, 0.29) is 18.0 Å². The summed E-state index contributed by atoms with van der Waals surface area (Å²) in [7, 11) is 1.49. The molecule has 0 spiro atoms. The van der Waals surface area contributed by atoms with Gasteiger partial charge in [0.1, 0.15) is 0 Å². The van der Waals surface area contributed by atoms with Crippen molar-refractivity contribution < 1.29 is 9.63 Å². The molecule has 0 aromatic heterocycles. The van der Waals surface area contributed by atoms with Crippen LogP contribution in [0.1, 0.15) is 13.8 Å². The molecule has 2 atom stereocenters. The fourth-order valence-corrected chi connectivity index (χ4v) is 1.02. The zero-order valence-electron chi connectivity index (χ0n) is 6.94. The van der Waals surface area contributed by atoms with Crippen molar-refractivity contribution in [2.24, 2.45) is 4.99 Å². The van der Waals surface area contributed by atoms with Gasteiger partial charge in [0.2, 0.25) is 0 Å². The van der Waals surface area contributed by atoms with Crippen LogP contribution < -0.4 is 0 Å². The molecule has 0 bridgehead atoms. The van der Waals surface area contributed by atoms with Gasteiger partial charge in [-0.25, -0.2) is 5.06 Å². The van der Waals surface area contributed by atoms with Crippen molar-refractivity contribution in [1.82, 2.24) is 5.06 Å². The van der Waals surface area contributed by atoms with Gasteiger partial charge in [-0.05, 0) is 13.8 Å². The molecular weight excluding hydrogens is 144 g/mol. The van der Waals surface area contributed by atoms with Gasteiger partial charge in [0, 0.05) is 0 Å². The first kappa shape index (κ1) is 8.20. The highest BCUT2D eigenvalue weighted by Gasteiger charge is 2.27. The van der Waals surface area contributed by atoms with Gasteiger partial charge in [-0.2, -0.15) is 0 Å². The minimum Gasteiger partial charge on any atom is -0.282 e. The second-order valence-electron chi connectivity index (χ2n) is 2.61. The number of nitrogens with zero attached hydrogens (tertiary/aromatic N) is 2. The average molecular weight is 156 g/mol. The lowest BCUT2D eigenvalue weighted by atomic mass is 10.1. The Morgan fingerprint density at radius 3 is 2.73 bits per heavy atom.